The van der Waals surface area contributed by atoms with E-state index in [1.807, 2.05) is 24.3 Å². The molecule has 0 spiro atoms. The molecule has 6 nitrogen and oxygen atoms in total. The summed E-state index contributed by atoms with van der Waals surface area (Å²) in [5, 5.41) is 0.856. The number of ether oxygens (including phenoxy) is 2. The Morgan fingerprint density at radius 3 is 3.05 bits per heavy atom. The van der Waals surface area contributed by atoms with E-state index in [2.05, 4.69) is 4.98 Å². The Morgan fingerprint density at radius 1 is 1.29 bits per heavy atom. The molecular formula is C15H14N2O4. The molecule has 1 aliphatic rings. The van der Waals surface area contributed by atoms with Crippen molar-refractivity contribution in [1.29, 1.82) is 0 Å². The summed E-state index contributed by atoms with van der Waals surface area (Å²) in [7, 11) is 0. The Bertz CT molecular complexity index is 846. The van der Waals surface area contributed by atoms with Crippen molar-refractivity contribution in [3.63, 3.8) is 0 Å². The number of benzene rings is 1. The first-order valence-corrected chi connectivity index (χ1v) is 6.89. The molecule has 21 heavy (non-hydrogen) atoms. The standard InChI is InChI=1S/C15H14N2O4/c18-15-14-13(11-3-1-2-4-12(11)21-14)16-9-17(15)7-10-8-19-5-6-20-10/h1-4,9-10H,5-8H2. The lowest BCUT2D eigenvalue weighted by Gasteiger charge is -2.23. The Labute approximate surface area is 119 Å². The van der Waals surface area contributed by atoms with Crippen LogP contribution in [-0.2, 0) is 16.0 Å². The summed E-state index contributed by atoms with van der Waals surface area (Å²) in [5.41, 5.74) is 1.38. The van der Waals surface area contributed by atoms with Gasteiger partial charge < -0.3 is 13.9 Å². The predicted octanol–water partition coefficient (Wildman–Crippen LogP) is 1.56. The van der Waals surface area contributed by atoms with Crippen LogP contribution in [0.3, 0.4) is 0 Å². The van der Waals surface area contributed by atoms with E-state index in [1.165, 1.54) is 4.57 Å². The van der Waals surface area contributed by atoms with Crippen molar-refractivity contribution in [2.45, 2.75) is 12.6 Å². The highest BCUT2D eigenvalue weighted by Crippen LogP contribution is 2.24. The van der Waals surface area contributed by atoms with Crippen LogP contribution in [0.25, 0.3) is 22.1 Å². The number of hydrogen-bond donors (Lipinski definition) is 0. The second kappa shape index (κ2) is 4.98. The third-order valence-electron chi connectivity index (χ3n) is 3.64. The smallest absolute Gasteiger partial charge is 0.297 e. The van der Waals surface area contributed by atoms with Crippen molar-refractivity contribution in [3.05, 3.63) is 40.9 Å². The van der Waals surface area contributed by atoms with Gasteiger partial charge >= 0.3 is 0 Å². The zero-order valence-corrected chi connectivity index (χ0v) is 11.3. The number of furan rings is 1. The largest absolute Gasteiger partial charge is 0.448 e. The predicted molar refractivity (Wildman–Crippen MR) is 76.3 cm³/mol. The molecule has 3 heterocycles. The third-order valence-corrected chi connectivity index (χ3v) is 3.64. The summed E-state index contributed by atoms with van der Waals surface area (Å²) >= 11 is 0. The maximum Gasteiger partial charge on any atom is 0.297 e. The van der Waals surface area contributed by atoms with E-state index in [0.717, 1.165) is 5.39 Å². The number of rotatable bonds is 2. The minimum absolute atomic E-state index is 0.125. The molecule has 3 aromatic rings. The molecule has 0 aliphatic carbocycles. The van der Waals surface area contributed by atoms with Crippen LogP contribution in [-0.4, -0.2) is 35.5 Å². The zero-order valence-electron chi connectivity index (χ0n) is 11.3. The Hall–Kier alpha value is -2.18. The number of fused-ring (bicyclic) bond motifs is 3. The fourth-order valence-electron chi connectivity index (χ4n) is 2.61. The highest BCUT2D eigenvalue weighted by atomic mass is 16.6. The fourth-order valence-corrected chi connectivity index (χ4v) is 2.61. The fraction of sp³-hybridized carbons (Fsp3) is 0.333. The Morgan fingerprint density at radius 2 is 2.19 bits per heavy atom. The summed E-state index contributed by atoms with van der Waals surface area (Å²) < 4.78 is 18.1. The minimum atomic E-state index is -0.189. The Kier molecular flexibility index (Phi) is 2.98. The summed E-state index contributed by atoms with van der Waals surface area (Å²) in [6.45, 7) is 2.06. The van der Waals surface area contributed by atoms with Crippen molar-refractivity contribution >= 4 is 22.1 Å². The summed E-state index contributed by atoms with van der Waals surface area (Å²) in [6.07, 6.45) is 1.42. The van der Waals surface area contributed by atoms with Crippen LogP contribution in [0.5, 0.6) is 0 Å². The van der Waals surface area contributed by atoms with E-state index >= 15 is 0 Å². The van der Waals surface area contributed by atoms with Gasteiger partial charge in [-0.25, -0.2) is 4.98 Å². The molecule has 6 heteroatoms. The van der Waals surface area contributed by atoms with Gasteiger partial charge in [0, 0.05) is 5.39 Å². The summed E-state index contributed by atoms with van der Waals surface area (Å²) in [5.74, 6) is 0. The molecular weight excluding hydrogens is 272 g/mol. The van der Waals surface area contributed by atoms with Gasteiger partial charge in [-0.3, -0.25) is 9.36 Å². The Balaban J connectivity index is 1.78. The normalized spacial score (nSPS) is 19.3. The molecule has 0 saturated carbocycles. The van der Waals surface area contributed by atoms with Gasteiger partial charge in [0.2, 0.25) is 5.58 Å². The average molecular weight is 286 g/mol. The molecule has 1 unspecified atom stereocenters. The van der Waals surface area contributed by atoms with Gasteiger partial charge in [0.15, 0.2) is 0 Å². The van der Waals surface area contributed by atoms with Gasteiger partial charge in [0.1, 0.15) is 11.1 Å². The maximum absolute atomic E-state index is 12.5. The SMILES string of the molecule is O=c1c2oc3ccccc3c2ncn1CC1COCCO1. The third kappa shape index (κ3) is 2.12. The number of nitrogens with zero attached hydrogens (tertiary/aromatic N) is 2. The van der Waals surface area contributed by atoms with Crippen LogP contribution in [0.4, 0.5) is 0 Å². The van der Waals surface area contributed by atoms with Gasteiger partial charge in [-0.2, -0.15) is 0 Å². The molecule has 1 fully saturated rings. The van der Waals surface area contributed by atoms with E-state index in [9.17, 15) is 4.79 Å². The molecule has 0 amide bonds. The topological polar surface area (TPSA) is 66.5 Å². The number of aromatic nitrogens is 2. The first kappa shape index (κ1) is 12.6. The average Bonchev–Trinajstić information content (AvgIpc) is 2.91. The molecule has 2 aromatic heterocycles. The van der Waals surface area contributed by atoms with Crippen molar-refractivity contribution in [3.8, 4) is 0 Å². The van der Waals surface area contributed by atoms with Crippen molar-refractivity contribution < 1.29 is 13.9 Å². The first-order chi connectivity index (χ1) is 10.3. The van der Waals surface area contributed by atoms with Gasteiger partial charge in [-0.05, 0) is 12.1 Å². The van der Waals surface area contributed by atoms with Gasteiger partial charge in [0.05, 0.1) is 38.8 Å². The molecule has 0 N–H and O–H groups in total. The van der Waals surface area contributed by atoms with Crippen LogP contribution < -0.4 is 5.56 Å². The van der Waals surface area contributed by atoms with E-state index < -0.39 is 0 Å². The van der Waals surface area contributed by atoms with Crippen molar-refractivity contribution in [2.24, 2.45) is 0 Å². The van der Waals surface area contributed by atoms with Crippen LogP contribution in [0.15, 0.2) is 39.8 Å². The zero-order chi connectivity index (χ0) is 14.2. The molecule has 1 aliphatic heterocycles. The van der Waals surface area contributed by atoms with Crippen molar-refractivity contribution in [2.75, 3.05) is 19.8 Å². The summed E-state index contributed by atoms with van der Waals surface area (Å²) in [4.78, 5) is 16.9. The van der Waals surface area contributed by atoms with E-state index in [4.69, 9.17) is 13.9 Å². The molecule has 1 aromatic carbocycles. The lowest BCUT2D eigenvalue weighted by Crippen LogP contribution is -2.35. The van der Waals surface area contributed by atoms with Gasteiger partial charge in [-0.15, -0.1) is 0 Å². The molecule has 4 rings (SSSR count). The first-order valence-electron chi connectivity index (χ1n) is 6.89. The van der Waals surface area contributed by atoms with Crippen LogP contribution in [0.2, 0.25) is 0 Å². The van der Waals surface area contributed by atoms with E-state index in [0.29, 0.717) is 37.5 Å². The van der Waals surface area contributed by atoms with E-state index in [-0.39, 0.29) is 17.2 Å². The van der Waals surface area contributed by atoms with Gasteiger partial charge in [-0.1, -0.05) is 12.1 Å². The quantitative estimate of drug-likeness (QED) is 0.715. The molecule has 0 bridgehead atoms. The second-order valence-electron chi connectivity index (χ2n) is 5.05. The van der Waals surface area contributed by atoms with E-state index in [1.54, 1.807) is 6.33 Å². The van der Waals surface area contributed by atoms with Gasteiger partial charge in [0.25, 0.3) is 5.56 Å². The van der Waals surface area contributed by atoms with Crippen LogP contribution in [0.1, 0.15) is 0 Å². The summed E-state index contributed by atoms with van der Waals surface area (Å²) in [6, 6.07) is 7.50. The minimum Gasteiger partial charge on any atom is -0.448 e. The maximum atomic E-state index is 12.5. The lowest BCUT2D eigenvalue weighted by atomic mass is 10.2. The molecule has 1 atom stereocenters. The van der Waals surface area contributed by atoms with Crippen LogP contribution in [0, 0.1) is 0 Å². The lowest BCUT2D eigenvalue weighted by molar-refractivity contribution is -0.0939. The second-order valence-corrected chi connectivity index (χ2v) is 5.05. The highest BCUT2D eigenvalue weighted by molar-refractivity contribution is 6.01. The number of para-hydroxylation sites is 1. The monoisotopic (exact) mass is 286 g/mol. The molecule has 1 saturated heterocycles. The molecule has 0 radical (unpaired) electrons. The highest BCUT2D eigenvalue weighted by Gasteiger charge is 2.18. The molecule has 108 valence electrons. The number of hydrogen-bond acceptors (Lipinski definition) is 5. The van der Waals surface area contributed by atoms with Crippen LogP contribution >= 0.6 is 0 Å². The van der Waals surface area contributed by atoms with Crippen molar-refractivity contribution in [1.82, 2.24) is 9.55 Å².